The maximum atomic E-state index is 12.9. The van der Waals surface area contributed by atoms with Gasteiger partial charge in [-0.1, -0.05) is 29.8 Å². The molecule has 1 N–H and O–H groups in total. The van der Waals surface area contributed by atoms with Crippen molar-refractivity contribution < 1.29 is 22.8 Å². The van der Waals surface area contributed by atoms with Crippen LogP contribution < -0.4 is 10.2 Å². The number of benzene rings is 2. The third-order valence-electron chi connectivity index (χ3n) is 4.36. The minimum absolute atomic E-state index is 0.0390. The second-order valence-electron chi connectivity index (χ2n) is 6.30. The topological polar surface area (TPSA) is 49.4 Å². The molecule has 0 aliphatic carbocycles. The number of anilines is 1. The van der Waals surface area contributed by atoms with Crippen LogP contribution in [0.2, 0.25) is 5.02 Å². The number of hydrogen-bond acceptors (Lipinski definition) is 2. The predicted molar refractivity (Wildman–Crippen MR) is 95.2 cm³/mol. The van der Waals surface area contributed by atoms with Gasteiger partial charge in [0.1, 0.15) is 0 Å². The van der Waals surface area contributed by atoms with Crippen LogP contribution in [0.3, 0.4) is 0 Å². The lowest BCUT2D eigenvalue weighted by molar-refractivity contribution is -0.137. The average Bonchev–Trinajstić information content (AvgIpc) is 3.02. The van der Waals surface area contributed by atoms with E-state index < -0.39 is 17.7 Å². The highest BCUT2D eigenvalue weighted by Crippen LogP contribution is 2.33. The first-order chi connectivity index (χ1) is 12.7. The van der Waals surface area contributed by atoms with E-state index in [1.54, 1.807) is 24.3 Å². The number of nitrogens with zero attached hydrogens (tertiary/aromatic N) is 1. The van der Waals surface area contributed by atoms with Gasteiger partial charge >= 0.3 is 6.18 Å². The van der Waals surface area contributed by atoms with E-state index >= 15 is 0 Å². The number of halogens is 4. The molecule has 1 heterocycles. The normalized spacial score (nSPS) is 17.3. The molecule has 0 spiro atoms. The van der Waals surface area contributed by atoms with E-state index in [-0.39, 0.29) is 37.0 Å². The van der Waals surface area contributed by atoms with Crippen LogP contribution in [0.4, 0.5) is 18.9 Å². The van der Waals surface area contributed by atoms with Crippen molar-refractivity contribution in [2.75, 3.05) is 11.4 Å². The molecule has 1 aliphatic rings. The minimum Gasteiger partial charge on any atom is -0.352 e. The van der Waals surface area contributed by atoms with Gasteiger partial charge in [0.15, 0.2) is 0 Å². The third-order valence-corrected chi connectivity index (χ3v) is 4.61. The van der Waals surface area contributed by atoms with Crippen molar-refractivity contribution >= 4 is 29.1 Å². The molecule has 1 aliphatic heterocycles. The molecule has 1 fully saturated rings. The van der Waals surface area contributed by atoms with Crippen LogP contribution in [0.15, 0.2) is 48.5 Å². The van der Waals surface area contributed by atoms with Gasteiger partial charge in [-0.25, -0.2) is 0 Å². The fourth-order valence-corrected chi connectivity index (χ4v) is 3.04. The van der Waals surface area contributed by atoms with Crippen LogP contribution in [0, 0.1) is 5.92 Å². The smallest absolute Gasteiger partial charge is 0.352 e. The van der Waals surface area contributed by atoms with Crippen LogP contribution in [0.1, 0.15) is 17.5 Å². The second kappa shape index (κ2) is 7.60. The summed E-state index contributed by atoms with van der Waals surface area (Å²) < 4.78 is 38.6. The first-order valence-electron chi connectivity index (χ1n) is 8.24. The number of hydrogen-bond donors (Lipinski definition) is 1. The Kier molecular flexibility index (Phi) is 5.41. The van der Waals surface area contributed by atoms with Gasteiger partial charge in [-0.2, -0.15) is 13.2 Å². The van der Waals surface area contributed by atoms with Gasteiger partial charge < -0.3 is 10.2 Å². The van der Waals surface area contributed by atoms with E-state index in [1.165, 1.54) is 17.0 Å². The van der Waals surface area contributed by atoms with Crippen molar-refractivity contribution in [3.8, 4) is 0 Å². The first-order valence-corrected chi connectivity index (χ1v) is 8.61. The summed E-state index contributed by atoms with van der Waals surface area (Å²) in [4.78, 5) is 25.8. The van der Waals surface area contributed by atoms with Crippen molar-refractivity contribution in [1.29, 1.82) is 0 Å². The molecule has 142 valence electrons. The molecule has 0 bridgehead atoms. The molecule has 8 heteroatoms. The van der Waals surface area contributed by atoms with Crippen LogP contribution in [0.5, 0.6) is 0 Å². The van der Waals surface area contributed by atoms with Crippen LogP contribution >= 0.6 is 11.6 Å². The Morgan fingerprint density at radius 1 is 1.19 bits per heavy atom. The van der Waals surface area contributed by atoms with Crippen molar-refractivity contribution in [3.05, 3.63) is 64.7 Å². The summed E-state index contributed by atoms with van der Waals surface area (Å²) in [5.41, 5.74) is 0.165. The summed E-state index contributed by atoms with van der Waals surface area (Å²) >= 11 is 5.81. The summed E-state index contributed by atoms with van der Waals surface area (Å²) in [5, 5.41) is 3.33. The summed E-state index contributed by atoms with van der Waals surface area (Å²) in [5.74, 6) is -1.30. The highest BCUT2D eigenvalue weighted by molar-refractivity contribution is 6.30. The molecule has 2 amide bonds. The van der Waals surface area contributed by atoms with Gasteiger partial charge in [-0.15, -0.1) is 0 Å². The molecule has 2 aromatic carbocycles. The van der Waals surface area contributed by atoms with Crippen molar-refractivity contribution in [1.82, 2.24) is 5.32 Å². The van der Waals surface area contributed by atoms with Crippen LogP contribution in [-0.4, -0.2) is 18.4 Å². The Morgan fingerprint density at radius 3 is 2.56 bits per heavy atom. The Balaban J connectivity index is 1.64. The SMILES string of the molecule is O=C(NCc1ccc(Cl)cc1)C1CC(=O)N(c2cccc(C(F)(F)F)c2)C1. The van der Waals surface area contributed by atoms with E-state index in [0.29, 0.717) is 5.02 Å². The number of nitrogens with one attached hydrogen (secondary N) is 1. The Bertz CT molecular complexity index is 853. The molecule has 0 aromatic heterocycles. The zero-order valence-corrected chi connectivity index (χ0v) is 14.8. The molecule has 3 rings (SSSR count). The quantitative estimate of drug-likeness (QED) is 0.848. The number of alkyl halides is 3. The van der Waals surface area contributed by atoms with Gasteiger partial charge in [0.25, 0.3) is 0 Å². The largest absolute Gasteiger partial charge is 0.416 e. The van der Waals surface area contributed by atoms with Crippen molar-refractivity contribution in [2.24, 2.45) is 5.92 Å². The Morgan fingerprint density at radius 2 is 1.89 bits per heavy atom. The minimum atomic E-state index is -4.49. The summed E-state index contributed by atoms with van der Waals surface area (Å²) in [6.07, 6.45) is -4.53. The van der Waals surface area contributed by atoms with E-state index in [9.17, 15) is 22.8 Å². The highest BCUT2D eigenvalue weighted by atomic mass is 35.5. The first kappa shape index (κ1) is 19.2. The lowest BCUT2D eigenvalue weighted by Crippen LogP contribution is -2.32. The monoisotopic (exact) mass is 396 g/mol. The molecule has 0 saturated carbocycles. The second-order valence-corrected chi connectivity index (χ2v) is 6.73. The zero-order chi connectivity index (χ0) is 19.6. The van der Waals surface area contributed by atoms with Crippen molar-refractivity contribution in [2.45, 2.75) is 19.1 Å². The fourth-order valence-electron chi connectivity index (χ4n) is 2.92. The number of rotatable bonds is 4. The maximum Gasteiger partial charge on any atom is 0.416 e. The molecular formula is C19H16ClF3N2O2. The molecule has 27 heavy (non-hydrogen) atoms. The number of amides is 2. The van der Waals surface area contributed by atoms with Gasteiger partial charge in [0.2, 0.25) is 11.8 Å². The number of carbonyl (C=O) groups is 2. The predicted octanol–water partition coefficient (Wildman–Crippen LogP) is 4.03. The van der Waals surface area contributed by atoms with Crippen LogP contribution in [-0.2, 0) is 22.3 Å². The average molecular weight is 397 g/mol. The standard InChI is InChI=1S/C19H16ClF3N2O2/c20-15-6-4-12(5-7-15)10-24-18(27)13-8-17(26)25(11-13)16-3-1-2-14(9-16)19(21,22)23/h1-7,9,13H,8,10-11H2,(H,24,27). The summed E-state index contributed by atoms with van der Waals surface area (Å²) in [6.45, 7) is 0.330. The fraction of sp³-hybridized carbons (Fsp3) is 0.263. The van der Waals surface area contributed by atoms with E-state index in [0.717, 1.165) is 17.7 Å². The van der Waals surface area contributed by atoms with Gasteiger partial charge in [0.05, 0.1) is 11.5 Å². The third kappa shape index (κ3) is 4.60. The molecule has 4 nitrogen and oxygen atoms in total. The van der Waals surface area contributed by atoms with E-state index in [4.69, 9.17) is 11.6 Å². The Hall–Kier alpha value is -2.54. The lowest BCUT2D eigenvalue weighted by Gasteiger charge is -2.18. The van der Waals surface area contributed by atoms with E-state index in [1.807, 2.05) is 0 Å². The van der Waals surface area contributed by atoms with Crippen molar-refractivity contribution in [3.63, 3.8) is 0 Å². The van der Waals surface area contributed by atoms with Gasteiger partial charge in [0, 0.05) is 30.2 Å². The van der Waals surface area contributed by atoms with E-state index in [2.05, 4.69) is 5.32 Å². The summed E-state index contributed by atoms with van der Waals surface area (Å²) in [7, 11) is 0. The Labute approximate surface area is 158 Å². The summed E-state index contributed by atoms with van der Waals surface area (Å²) in [6, 6.07) is 11.5. The lowest BCUT2D eigenvalue weighted by atomic mass is 10.1. The van der Waals surface area contributed by atoms with Gasteiger partial charge in [-0.3, -0.25) is 9.59 Å². The van der Waals surface area contributed by atoms with Gasteiger partial charge in [-0.05, 0) is 35.9 Å². The zero-order valence-electron chi connectivity index (χ0n) is 14.1. The highest BCUT2D eigenvalue weighted by Gasteiger charge is 2.36. The molecule has 1 atom stereocenters. The molecule has 1 unspecified atom stereocenters. The molecule has 2 aromatic rings. The number of carbonyl (C=O) groups excluding carboxylic acids is 2. The maximum absolute atomic E-state index is 12.9. The molecular weight excluding hydrogens is 381 g/mol. The molecule has 0 radical (unpaired) electrons. The van der Waals surface area contributed by atoms with Crippen LogP contribution in [0.25, 0.3) is 0 Å². The molecule has 1 saturated heterocycles.